The zero-order chi connectivity index (χ0) is 11.4. The smallest absolute Gasteiger partial charge is 0.0233 e. The molecule has 0 spiro atoms. The van der Waals surface area contributed by atoms with E-state index < -0.39 is 0 Å². The Bertz CT molecular complexity index is 314. The zero-order valence-electron chi connectivity index (χ0n) is 10.4. The van der Waals surface area contributed by atoms with Crippen LogP contribution in [-0.4, -0.2) is 31.6 Å². The van der Waals surface area contributed by atoms with Gasteiger partial charge in [0, 0.05) is 12.6 Å². The van der Waals surface area contributed by atoms with Crippen LogP contribution in [0.1, 0.15) is 24.0 Å². The summed E-state index contributed by atoms with van der Waals surface area (Å²) in [5.41, 5.74) is 2.86. The van der Waals surface area contributed by atoms with Crippen molar-refractivity contribution in [3.63, 3.8) is 0 Å². The predicted molar refractivity (Wildman–Crippen MR) is 68.6 cm³/mol. The molecule has 1 N–H and O–H groups in total. The lowest BCUT2D eigenvalue weighted by atomic mass is 10.1. The van der Waals surface area contributed by atoms with Gasteiger partial charge >= 0.3 is 0 Å². The van der Waals surface area contributed by atoms with Gasteiger partial charge in [-0.15, -0.1) is 0 Å². The Labute approximate surface area is 98.7 Å². The minimum Gasteiger partial charge on any atom is -0.319 e. The summed E-state index contributed by atoms with van der Waals surface area (Å²) in [5.74, 6) is 0. The Balaban J connectivity index is 1.85. The summed E-state index contributed by atoms with van der Waals surface area (Å²) in [6.07, 6.45) is 3.89. The number of hydrogen-bond donors (Lipinski definition) is 1. The number of rotatable bonds is 6. The van der Waals surface area contributed by atoms with Gasteiger partial charge in [-0.1, -0.05) is 24.3 Å². The molecule has 1 aliphatic carbocycles. The van der Waals surface area contributed by atoms with Gasteiger partial charge in [0.05, 0.1) is 0 Å². The summed E-state index contributed by atoms with van der Waals surface area (Å²) in [6, 6.07) is 9.90. The number of benzene rings is 1. The molecular formula is C14H22N2. The maximum absolute atomic E-state index is 3.18. The van der Waals surface area contributed by atoms with Crippen molar-refractivity contribution in [3.8, 4) is 0 Å². The van der Waals surface area contributed by atoms with Gasteiger partial charge in [-0.25, -0.2) is 0 Å². The number of nitrogens with one attached hydrogen (secondary N) is 1. The largest absolute Gasteiger partial charge is 0.319 e. The fourth-order valence-corrected chi connectivity index (χ4v) is 2.01. The van der Waals surface area contributed by atoms with Crippen LogP contribution in [0.4, 0.5) is 0 Å². The Kier molecular flexibility index (Phi) is 3.97. The van der Waals surface area contributed by atoms with Crippen LogP contribution < -0.4 is 5.32 Å². The van der Waals surface area contributed by atoms with Gasteiger partial charge < -0.3 is 5.32 Å². The van der Waals surface area contributed by atoms with Gasteiger partial charge in [0.1, 0.15) is 0 Å². The summed E-state index contributed by atoms with van der Waals surface area (Å²) in [4.78, 5) is 2.46. The van der Waals surface area contributed by atoms with Gasteiger partial charge in [-0.2, -0.15) is 0 Å². The van der Waals surface area contributed by atoms with Crippen molar-refractivity contribution >= 4 is 0 Å². The minimum absolute atomic E-state index is 0.851. The highest BCUT2D eigenvalue weighted by Gasteiger charge is 2.25. The topological polar surface area (TPSA) is 15.3 Å². The van der Waals surface area contributed by atoms with Crippen LogP contribution in [0.3, 0.4) is 0 Å². The van der Waals surface area contributed by atoms with Crippen LogP contribution in [0.2, 0.25) is 0 Å². The molecule has 0 bridgehead atoms. The molecule has 0 heterocycles. The Morgan fingerprint density at radius 3 is 2.38 bits per heavy atom. The Hall–Kier alpha value is -0.860. The van der Waals surface area contributed by atoms with Crippen LogP contribution >= 0.6 is 0 Å². The van der Waals surface area contributed by atoms with Gasteiger partial charge in [-0.3, -0.25) is 4.90 Å². The lowest BCUT2D eigenvalue weighted by Crippen LogP contribution is -2.19. The molecule has 2 nitrogen and oxygen atoms in total. The lowest BCUT2D eigenvalue weighted by molar-refractivity contribution is 0.316. The van der Waals surface area contributed by atoms with Gasteiger partial charge in [0.2, 0.25) is 0 Å². The van der Waals surface area contributed by atoms with Crippen LogP contribution in [0.5, 0.6) is 0 Å². The molecule has 2 heteroatoms. The molecule has 2 rings (SSSR count). The normalized spacial score (nSPS) is 15.7. The monoisotopic (exact) mass is 218 g/mol. The summed E-state index contributed by atoms with van der Waals surface area (Å²) >= 11 is 0. The van der Waals surface area contributed by atoms with Crippen LogP contribution in [0.25, 0.3) is 0 Å². The third-order valence-corrected chi connectivity index (χ3v) is 3.29. The second-order valence-corrected chi connectivity index (χ2v) is 4.82. The van der Waals surface area contributed by atoms with Crippen molar-refractivity contribution in [1.29, 1.82) is 0 Å². The van der Waals surface area contributed by atoms with Crippen LogP contribution in [-0.2, 0) is 13.0 Å². The van der Waals surface area contributed by atoms with Crippen LogP contribution in [0.15, 0.2) is 24.3 Å². The molecule has 1 fully saturated rings. The highest BCUT2D eigenvalue weighted by molar-refractivity contribution is 5.22. The van der Waals surface area contributed by atoms with E-state index in [1.54, 1.807) is 0 Å². The first-order valence-corrected chi connectivity index (χ1v) is 6.22. The molecule has 0 saturated heterocycles. The molecule has 0 unspecified atom stereocenters. The van der Waals surface area contributed by atoms with E-state index in [9.17, 15) is 0 Å². The van der Waals surface area contributed by atoms with E-state index in [2.05, 4.69) is 41.5 Å². The van der Waals surface area contributed by atoms with Crippen molar-refractivity contribution in [3.05, 3.63) is 35.4 Å². The Morgan fingerprint density at radius 2 is 1.81 bits per heavy atom. The van der Waals surface area contributed by atoms with Crippen molar-refractivity contribution in [2.45, 2.75) is 31.8 Å². The van der Waals surface area contributed by atoms with Gasteiger partial charge in [0.15, 0.2) is 0 Å². The maximum Gasteiger partial charge on any atom is 0.0233 e. The second kappa shape index (κ2) is 5.46. The molecule has 0 aromatic heterocycles. The summed E-state index contributed by atoms with van der Waals surface area (Å²) in [7, 11) is 4.23. The van der Waals surface area contributed by atoms with E-state index in [0.717, 1.165) is 25.6 Å². The van der Waals surface area contributed by atoms with E-state index in [1.165, 1.54) is 24.0 Å². The fraction of sp³-hybridized carbons (Fsp3) is 0.571. The molecule has 1 aliphatic rings. The Morgan fingerprint density at radius 1 is 1.19 bits per heavy atom. The zero-order valence-corrected chi connectivity index (χ0v) is 10.4. The number of nitrogens with zero attached hydrogens (tertiary/aromatic N) is 1. The number of likely N-dealkylation sites (N-methyl/N-ethyl adjacent to an activating group) is 1. The van der Waals surface area contributed by atoms with E-state index in [-0.39, 0.29) is 0 Å². The number of hydrogen-bond acceptors (Lipinski definition) is 2. The SMILES string of the molecule is CNCCc1ccc(CN(C)C2CC2)cc1. The fourth-order valence-electron chi connectivity index (χ4n) is 2.01. The second-order valence-electron chi connectivity index (χ2n) is 4.82. The molecule has 88 valence electrons. The summed E-state index contributed by atoms with van der Waals surface area (Å²) in [6.45, 7) is 2.15. The average molecular weight is 218 g/mol. The quantitative estimate of drug-likeness (QED) is 0.786. The van der Waals surface area contributed by atoms with Gasteiger partial charge in [-0.05, 0) is 51.0 Å². The highest BCUT2D eigenvalue weighted by Crippen LogP contribution is 2.26. The molecule has 16 heavy (non-hydrogen) atoms. The highest BCUT2D eigenvalue weighted by atomic mass is 15.1. The molecule has 1 aromatic carbocycles. The summed E-state index contributed by atoms with van der Waals surface area (Å²) in [5, 5.41) is 3.18. The van der Waals surface area contributed by atoms with Crippen molar-refractivity contribution in [2.75, 3.05) is 20.6 Å². The first-order valence-electron chi connectivity index (χ1n) is 6.22. The van der Waals surface area contributed by atoms with E-state index >= 15 is 0 Å². The summed E-state index contributed by atoms with van der Waals surface area (Å²) < 4.78 is 0. The van der Waals surface area contributed by atoms with E-state index in [1.807, 2.05) is 7.05 Å². The first kappa shape index (κ1) is 11.6. The molecular weight excluding hydrogens is 196 g/mol. The predicted octanol–water partition coefficient (Wildman–Crippen LogP) is 2.04. The van der Waals surface area contributed by atoms with Crippen molar-refractivity contribution < 1.29 is 0 Å². The maximum atomic E-state index is 3.18. The molecule has 0 radical (unpaired) electrons. The lowest BCUT2D eigenvalue weighted by Gasteiger charge is -2.15. The minimum atomic E-state index is 0.851. The van der Waals surface area contributed by atoms with E-state index in [4.69, 9.17) is 0 Å². The molecule has 1 aromatic rings. The molecule has 1 saturated carbocycles. The third-order valence-electron chi connectivity index (χ3n) is 3.29. The standard InChI is InChI=1S/C14H22N2/c1-15-10-9-12-3-5-13(6-4-12)11-16(2)14-7-8-14/h3-6,14-15H,7-11H2,1-2H3. The van der Waals surface area contributed by atoms with Crippen molar-refractivity contribution in [1.82, 2.24) is 10.2 Å². The van der Waals surface area contributed by atoms with Gasteiger partial charge in [0.25, 0.3) is 0 Å². The van der Waals surface area contributed by atoms with Crippen molar-refractivity contribution in [2.24, 2.45) is 0 Å². The molecule has 0 aliphatic heterocycles. The van der Waals surface area contributed by atoms with Crippen LogP contribution in [0, 0.1) is 0 Å². The molecule has 0 atom stereocenters. The third kappa shape index (κ3) is 3.32. The first-order chi connectivity index (χ1) is 7.79. The van der Waals surface area contributed by atoms with E-state index in [0.29, 0.717) is 0 Å². The molecule has 0 amide bonds. The average Bonchev–Trinajstić information content (AvgIpc) is 3.12.